The summed E-state index contributed by atoms with van der Waals surface area (Å²) in [5.74, 6) is -0.0969. The molecule has 31 heavy (non-hydrogen) atoms. The van der Waals surface area contributed by atoms with Crippen molar-refractivity contribution in [3.63, 3.8) is 0 Å². The largest absolute Gasteiger partial charge is 0.486 e. The van der Waals surface area contributed by atoms with Crippen molar-refractivity contribution in [1.82, 2.24) is 10.6 Å². The normalized spacial score (nSPS) is 28.2. The van der Waals surface area contributed by atoms with Gasteiger partial charge in [0.2, 0.25) is 0 Å². The molecular formula is C24H27FN2O4. The second-order valence-corrected chi connectivity index (χ2v) is 8.06. The van der Waals surface area contributed by atoms with Crippen LogP contribution in [0.25, 0.3) is 0 Å². The van der Waals surface area contributed by atoms with Crippen LogP contribution < -0.4 is 15.4 Å². The number of nitrogens with one attached hydrogen (secondary N) is 2. The molecule has 3 aliphatic rings. The number of hydrogen-bond acceptors (Lipinski definition) is 4. The number of carbonyl (C=O) groups is 2. The summed E-state index contributed by atoms with van der Waals surface area (Å²) in [5, 5.41) is 5.80. The van der Waals surface area contributed by atoms with Gasteiger partial charge in [-0.2, -0.15) is 0 Å². The van der Waals surface area contributed by atoms with Gasteiger partial charge in [-0.05, 0) is 24.6 Å². The first kappa shape index (κ1) is 21.3. The van der Waals surface area contributed by atoms with Crippen molar-refractivity contribution in [2.24, 2.45) is 11.8 Å². The van der Waals surface area contributed by atoms with E-state index in [1.54, 1.807) is 31.2 Å². The van der Waals surface area contributed by atoms with Crippen LogP contribution in [0.4, 0.5) is 4.39 Å². The van der Waals surface area contributed by atoms with Gasteiger partial charge in [-0.25, -0.2) is 4.39 Å². The monoisotopic (exact) mass is 426 g/mol. The molecule has 2 heterocycles. The molecule has 2 fully saturated rings. The lowest BCUT2D eigenvalue weighted by Crippen LogP contribution is -2.30. The maximum atomic E-state index is 13.9. The number of halogens is 1. The molecule has 164 valence electrons. The third-order valence-electron chi connectivity index (χ3n) is 6.25. The summed E-state index contributed by atoms with van der Waals surface area (Å²) in [4.78, 5) is 25.8. The lowest BCUT2D eigenvalue weighted by Gasteiger charge is -2.17. The topological polar surface area (TPSA) is 76.7 Å². The molecule has 6 nitrogen and oxygen atoms in total. The highest BCUT2D eigenvalue weighted by Gasteiger charge is 2.54. The molecule has 1 saturated carbocycles. The maximum Gasteiger partial charge on any atom is 0.255 e. The average Bonchev–Trinajstić information content (AvgIpc) is 3.12. The smallest absolute Gasteiger partial charge is 0.255 e. The zero-order chi connectivity index (χ0) is 22.1. The van der Waals surface area contributed by atoms with Gasteiger partial charge in [0.1, 0.15) is 18.5 Å². The van der Waals surface area contributed by atoms with Crippen LogP contribution in [0.5, 0.6) is 5.75 Å². The summed E-state index contributed by atoms with van der Waals surface area (Å²) < 4.78 is 25.2. The second kappa shape index (κ2) is 8.67. The Bertz CT molecular complexity index is 947. The van der Waals surface area contributed by atoms with Crippen LogP contribution in [0.1, 0.15) is 39.1 Å². The van der Waals surface area contributed by atoms with Gasteiger partial charge in [0, 0.05) is 35.5 Å². The first-order valence-corrected chi connectivity index (χ1v) is 10.6. The third kappa shape index (κ3) is 3.78. The number of carbonyl (C=O) groups excluding carboxylic acids is 2. The zero-order valence-corrected chi connectivity index (χ0v) is 17.5. The van der Waals surface area contributed by atoms with E-state index in [0.717, 1.165) is 0 Å². The van der Waals surface area contributed by atoms with E-state index in [1.807, 2.05) is 0 Å². The summed E-state index contributed by atoms with van der Waals surface area (Å²) in [7, 11) is 0. The van der Waals surface area contributed by atoms with Crippen molar-refractivity contribution < 1.29 is 23.5 Å². The molecule has 0 spiro atoms. The van der Waals surface area contributed by atoms with Gasteiger partial charge in [0.25, 0.3) is 11.8 Å². The van der Waals surface area contributed by atoms with E-state index in [4.69, 9.17) is 9.47 Å². The Morgan fingerprint density at radius 2 is 1.97 bits per heavy atom. The number of hydrogen-bond donors (Lipinski definition) is 2. The summed E-state index contributed by atoms with van der Waals surface area (Å²) in [6, 6.07) is 3.32. The quantitative estimate of drug-likeness (QED) is 0.627. The van der Waals surface area contributed by atoms with Crippen LogP contribution >= 0.6 is 0 Å². The molecule has 1 aliphatic carbocycles. The summed E-state index contributed by atoms with van der Waals surface area (Å²) in [6.45, 7) is 10.3. The van der Waals surface area contributed by atoms with Gasteiger partial charge < -0.3 is 20.1 Å². The first-order chi connectivity index (χ1) is 15.0. The van der Waals surface area contributed by atoms with E-state index in [1.165, 1.54) is 6.07 Å². The van der Waals surface area contributed by atoms with E-state index in [-0.39, 0.29) is 23.4 Å². The van der Waals surface area contributed by atoms with E-state index in [0.29, 0.717) is 54.0 Å². The molecule has 5 atom stereocenters. The van der Waals surface area contributed by atoms with Gasteiger partial charge in [0.05, 0.1) is 24.7 Å². The number of fused-ring (bicyclic) bond motifs is 2. The molecule has 1 aromatic carbocycles. The molecule has 1 aromatic rings. The molecule has 0 bridgehead atoms. The molecule has 2 amide bonds. The Morgan fingerprint density at radius 3 is 2.58 bits per heavy atom. The lowest BCUT2D eigenvalue weighted by atomic mass is 9.86. The molecule has 7 heteroatoms. The zero-order valence-electron chi connectivity index (χ0n) is 17.5. The highest BCUT2D eigenvalue weighted by Crippen LogP contribution is 2.47. The minimum absolute atomic E-state index is 0.0949. The Kier molecular flexibility index (Phi) is 5.96. The number of allylic oxidation sites excluding steroid dienone is 3. The Balaban J connectivity index is 1.74. The van der Waals surface area contributed by atoms with Crippen molar-refractivity contribution in [1.29, 1.82) is 0 Å². The minimum atomic E-state index is -0.814. The number of benzene rings is 1. The van der Waals surface area contributed by atoms with Crippen LogP contribution in [0.15, 0.2) is 49.1 Å². The Morgan fingerprint density at radius 1 is 1.23 bits per heavy atom. The number of rotatable bonds is 8. The van der Waals surface area contributed by atoms with Crippen LogP contribution in [-0.2, 0) is 4.74 Å². The van der Waals surface area contributed by atoms with Crippen molar-refractivity contribution in [2.45, 2.75) is 25.0 Å². The average molecular weight is 426 g/mol. The maximum absolute atomic E-state index is 13.9. The first-order valence-electron chi connectivity index (χ1n) is 10.6. The van der Waals surface area contributed by atoms with E-state index < -0.39 is 18.7 Å². The van der Waals surface area contributed by atoms with E-state index in [9.17, 15) is 14.0 Å². The van der Waals surface area contributed by atoms with Gasteiger partial charge in [0.15, 0.2) is 0 Å². The molecule has 0 radical (unpaired) electrons. The van der Waals surface area contributed by atoms with Crippen molar-refractivity contribution in [2.75, 3.05) is 26.4 Å². The predicted octanol–water partition coefficient (Wildman–Crippen LogP) is 2.92. The predicted molar refractivity (Wildman–Crippen MR) is 115 cm³/mol. The van der Waals surface area contributed by atoms with Crippen LogP contribution in [0.3, 0.4) is 0 Å². The van der Waals surface area contributed by atoms with Crippen molar-refractivity contribution in [3.05, 3.63) is 65.8 Å². The Hall–Kier alpha value is -2.93. The van der Waals surface area contributed by atoms with E-state index >= 15 is 0 Å². The number of ether oxygens (including phenoxy) is 2. The minimum Gasteiger partial charge on any atom is -0.486 e. The number of alkyl halides is 1. The molecule has 0 aromatic heterocycles. The van der Waals surface area contributed by atoms with Crippen LogP contribution in [0.2, 0.25) is 0 Å². The number of amides is 2. The van der Waals surface area contributed by atoms with Gasteiger partial charge in [-0.3, -0.25) is 9.59 Å². The SMILES string of the molecule is C=C/C=C(\C=C)[C@H]1c2cc(C(=O)NC3[C@H]4COC[C@@H]34)cc(C(=O)NCC)c2O[C@@H]1CF. The van der Waals surface area contributed by atoms with Crippen LogP contribution in [0, 0.1) is 11.8 Å². The highest BCUT2D eigenvalue weighted by atomic mass is 19.1. The fourth-order valence-electron chi connectivity index (χ4n) is 4.63. The summed E-state index contributed by atoms with van der Waals surface area (Å²) >= 11 is 0. The molecule has 1 saturated heterocycles. The van der Waals surface area contributed by atoms with Gasteiger partial charge in [-0.15, -0.1) is 0 Å². The lowest BCUT2D eigenvalue weighted by molar-refractivity contribution is 0.0928. The molecule has 2 aliphatic heterocycles. The molecule has 1 unspecified atom stereocenters. The van der Waals surface area contributed by atoms with Crippen molar-refractivity contribution in [3.8, 4) is 5.75 Å². The van der Waals surface area contributed by atoms with Gasteiger partial charge >= 0.3 is 0 Å². The fourth-order valence-corrected chi connectivity index (χ4v) is 4.63. The standard InChI is InChI=1S/C24H27FN2O4/c1-4-7-13(5-2)20-15-8-14(23(28)27-21-17-11-30-12-18(17)21)9-16(24(29)26-6-3)22(15)31-19(20)10-25/h4-5,7-9,17-21H,1-2,6,10-12H2,3H3,(H,26,29)(H,27,28)/b13-7+/t17-,18+,19-,20+,21?/m1/s1. The van der Waals surface area contributed by atoms with Gasteiger partial charge in [-0.1, -0.05) is 31.4 Å². The molecular weight excluding hydrogens is 399 g/mol. The molecule has 2 N–H and O–H groups in total. The highest BCUT2D eigenvalue weighted by molar-refractivity contribution is 6.02. The molecule has 4 rings (SSSR count). The van der Waals surface area contributed by atoms with Crippen LogP contribution in [-0.4, -0.2) is 50.4 Å². The summed E-state index contributed by atoms with van der Waals surface area (Å²) in [5.41, 5.74) is 1.89. The summed E-state index contributed by atoms with van der Waals surface area (Å²) in [6.07, 6.45) is 4.14. The Labute approximate surface area is 181 Å². The van der Waals surface area contributed by atoms with Crippen molar-refractivity contribution >= 4 is 11.8 Å². The van der Waals surface area contributed by atoms with E-state index in [2.05, 4.69) is 23.8 Å². The second-order valence-electron chi connectivity index (χ2n) is 8.06. The fraction of sp³-hybridized carbons (Fsp3) is 0.417. The third-order valence-corrected chi connectivity index (χ3v) is 6.25.